The quantitative estimate of drug-likeness (QED) is 0.670. The van der Waals surface area contributed by atoms with E-state index in [4.69, 9.17) is 14.8 Å². The highest BCUT2D eigenvalue weighted by Gasteiger charge is 2.24. The summed E-state index contributed by atoms with van der Waals surface area (Å²) in [5, 5.41) is 12.7. The molecule has 0 fully saturated rings. The maximum Gasteiger partial charge on any atom is 0.341 e. The summed E-state index contributed by atoms with van der Waals surface area (Å²) in [6.07, 6.45) is 2.81. The molecule has 3 aromatic rings. The fourth-order valence-electron chi connectivity index (χ4n) is 3.82. The molecule has 1 atom stereocenters. The summed E-state index contributed by atoms with van der Waals surface area (Å²) in [4.78, 5) is 28.6. The SMILES string of the molecule is CC(NC(=O)c1c2c(nc3ccccc13)CCC2)c1ccc(OCC(=O)O)cc1. The van der Waals surface area contributed by atoms with Gasteiger partial charge in [0.25, 0.3) is 5.91 Å². The van der Waals surface area contributed by atoms with Crippen LogP contribution in [-0.4, -0.2) is 28.6 Å². The zero-order chi connectivity index (χ0) is 20.4. The van der Waals surface area contributed by atoms with Gasteiger partial charge >= 0.3 is 5.97 Å². The van der Waals surface area contributed by atoms with Gasteiger partial charge in [0.15, 0.2) is 6.61 Å². The molecule has 1 amide bonds. The second kappa shape index (κ2) is 7.91. The number of aliphatic carboxylic acids is 1. The van der Waals surface area contributed by atoms with E-state index in [1.807, 2.05) is 43.3 Å². The Kier molecular flexibility index (Phi) is 5.16. The molecule has 0 saturated heterocycles. The van der Waals surface area contributed by atoms with Gasteiger partial charge in [-0.05, 0) is 55.5 Å². The Morgan fingerprint density at radius 2 is 1.90 bits per heavy atom. The summed E-state index contributed by atoms with van der Waals surface area (Å²) < 4.78 is 5.16. The minimum absolute atomic E-state index is 0.0968. The molecule has 1 unspecified atom stereocenters. The van der Waals surface area contributed by atoms with Crippen molar-refractivity contribution in [1.82, 2.24) is 10.3 Å². The maximum absolute atomic E-state index is 13.2. The predicted octanol–water partition coefficient (Wildman–Crippen LogP) is 3.68. The van der Waals surface area contributed by atoms with Crippen LogP contribution >= 0.6 is 0 Å². The number of amides is 1. The Morgan fingerprint density at radius 3 is 2.66 bits per heavy atom. The molecule has 0 saturated carbocycles. The number of ether oxygens (including phenoxy) is 1. The zero-order valence-corrected chi connectivity index (χ0v) is 16.1. The molecule has 0 radical (unpaired) electrons. The number of aryl methyl sites for hydroxylation is 1. The average Bonchev–Trinajstić information content (AvgIpc) is 3.18. The van der Waals surface area contributed by atoms with Crippen molar-refractivity contribution < 1.29 is 19.4 Å². The predicted molar refractivity (Wildman–Crippen MR) is 109 cm³/mol. The van der Waals surface area contributed by atoms with E-state index in [1.54, 1.807) is 12.1 Å². The Morgan fingerprint density at radius 1 is 1.14 bits per heavy atom. The van der Waals surface area contributed by atoms with E-state index in [2.05, 4.69) is 5.32 Å². The number of hydrogen-bond donors (Lipinski definition) is 2. The molecule has 0 bridgehead atoms. The van der Waals surface area contributed by atoms with Crippen molar-refractivity contribution in [2.75, 3.05) is 6.61 Å². The van der Waals surface area contributed by atoms with Gasteiger partial charge in [-0.1, -0.05) is 30.3 Å². The molecule has 0 aliphatic heterocycles. The number of carboxylic acid groups (broad SMARTS) is 1. The summed E-state index contributed by atoms with van der Waals surface area (Å²) >= 11 is 0. The smallest absolute Gasteiger partial charge is 0.341 e. The van der Waals surface area contributed by atoms with Crippen LogP contribution in [-0.2, 0) is 17.6 Å². The number of pyridine rings is 1. The van der Waals surface area contributed by atoms with E-state index in [0.29, 0.717) is 5.75 Å². The van der Waals surface area contributed by atoms with Crippen LogP contribution in [0.3, 0.4) is 0 Å². The minimum atomic E-state index is -1.02. The summed E-state index contributed by atoms with van der Waals surface area (Å²) in [6, 6.07) is 14.6. The highest BCUT2D eigenvalue weighted by molar-refractivity contribution is 6.08. The normalized spacial score (nSPS) is 13.7. The second-order valence-electron chi connectivity index (χ2n) is 7.23. The van der Waals surface area contributed by atoms with Crippen LogP contribution in [0.4, 0.5) is 0 Å². The number of hydrogen-bond acceptors (Lipinski definition) is 4. The lowest BCUT2D eigenvalue weighted by molar-refractivity contribution is -0.139. The van der Waals surface area contributed by atoms with Crippen LogP contribution in [0.25, 0.3) is 10.9 Å². The molecular formula is C23H22N2O4. The Bertz CT molecular complexity index is 1080. The number of carbonyl (C=O) groups is 2. The fourth-order valence-corrected chi connectivity index (χ4v) is 3.82. The number of rotatable bonds is 6. The third-order valence-corrected chi connectivity index (χ3v) is 5.24. The van der Waals surface area contributed by atoms with Crippen LogP contribution in [0.2, 0.25) is 0 Å². The number of carbonyl (C=O) groups excluding carboxylic acids is 1. The number of para-hydroxylation sites is 1. The van der Waals surface area contributed by atoms with Gasteiger partial charge in [0.2, 0.25) is 0 Å². The minimum Gasteiger partial charge on any atom is -0.482 e. The topological polar surface area (TPSA) is 88.5 Å². The van der Waals surface area contributed by atoms with Crippen molar-refractivity contribution in [3.63, 3.8) is 0 Å². The first-order valence-corrected chi connectivity index (χ1v) is 9.69. The van der Waals surface area contributed by atoms with Crippen molar-refractivity contribution in [3.8, 4) is 5.75 Å². The lowest BCUT2D eigenvalue weighted by Gasteiger charge is -2.18. The molecule has 29 heavy (non-hydrogen) atoms. The van der Waals surface area contributed by atoms with Crippen LogP contribution in [0.5, 0.6) is 5.75 Å². The highest BCUT2D eigenvalue weighted by Crippen LogP contribution is 2.30. The fraction of sp³-hybridized carbons (Fsp3) is 0.261. The summed E-state index contributed by atoms with van der Waals surface area (Å²) in [5.74, 6) is -0.639. The first kappa shape index (κ1) is 18.9. The molecule has 2 N–H and O–H groups in total. The van der Waals surface area contributed by atoms with E-state index < -0.39 is 5.97 Å². The number of benzene rings is 2. The first-order valence-electron chi connectivity index (χ1n) is 9.69. The van der Waals surface area contributed by atoms with E-state index in [9.17, 15) is 9.59 Å². The molecule has 1 aliphatic rings. The Labute approximate surface area is 168 Å². The van der Waals surface area contributed by atoms with Crippen molar-refractivity contribution in [2.45, 2.75) is 32.2 Å². The largest absolute Gasteiger partial charge is 0.482 e. The summed E-state index contributed by atoms with van der Waals surface area (Å²) in [6.45, 7) is 1.54. The number of aromatic nitrogens is 1. The molecule has 148 valence electrons. The number of nitrogens with zero attached hydrogens (tertiary/aromatic N) is 1. The van der Waals surface area contributed by atoms with Gasteiger partial charge in [-0.2, -0.15) is 0 Å². The second-order valence-corrected chi connectivity index (χ2v) is 7.23. The third kappa shape index (κ3) is 3.92. The van der Waals surface area contributed by atoms with E-state index in [-0.39, 0.29) is 18.6 Å². The summed E-state index contributed by atoms with van der Waals surface area (Å²) in [5.41, 5.74) is 4.59. The van der Waals surface area contributed by atoms with Gasteiger partial charge in [-0.3, -0.25) is 9.78 Å². The summed E-state index contributed by atoms with van der Waals surface area (Å²) in [7, 11) is 0. The van der Waals surface area contributed by atoms with Gasteiger partial charge in [0.1, 0.15) is 5.75 Å². The van der Waals surface area contributed by atoms with Gasteiger partial charge in [0, 0.05) is 11.1 Å². The van der Waals surface area contributed by atoms with Crippen LogP contribution in [0.15, 0.2) is 48.5 Å². The van der Waals surface area contributed by atoms with Gasteiger partial charge < -0.3 is 15.2 Å². The molecule has 1 heterocycles. The van der Waals surface area contributed by atoms with Crippen molar-refractivity contribution in [1.29, 1.82) is 0 Å². The average molecular weight is 390 g/mol. The zero-order valence-electron chi connectivity index (χ0n) is 16.1. The Balaban J connectivity index is 1.56. The lowest BCUT2D eigenvalue weighted by atomic mass is 9.99. The Hall–Kier alpha value is -3.41. The molecule has 1 aromatic heterocycles. The molecule has 4 rings (SSSR count). The first-order chi connectivity index (χ1) is 14.0. The molecular weight excluding hydrogens is 368 g/mol. The van der Waals surface area contributed by atoms with Crippen LogP contribution in [0, 0.1) is 0 Å². The van der Waals surface area contributed by atoms with Gasteiger partial charge in [-0.25, -0.2) is 4.79 Å². The van der Waals surface area contributed by atoms with E-state index in [0.717, 1.165) is 52.5 Å². The van der Waals surface area contributed by atoms with Gasteiger partial charge in [0.05, 0.1) is 17.1 Å². The highest BCUT2D eigenvalue weighted by atomic mass is 16.5. The van der Waals surface area contributed by atoms with Crippen LogP contribution in [0.1, 0.15) is 46.6 Å². The lowest BCUT2D eigenvalue weighted by Crippen LogP contribution is -2.28. The number of nitrogens with one attached hydrogen (secondary N) is 1. The van der Waals surface area contributed by atoms with E-state index in [1.165, 1.54) is 0 Å². The van der Waals surface area contributed by atoms with Gasteiger partial charge in [-0.15, -0.1) is 0 Å². The molecule has 0 spiro atoms. The van der Waals surface area contributed by atoms with Crippen LogP contribution < -0.4 is 10.1 Å². The molecule has 6 heteroatoms. The molecule has 6 nitrogen and oxygen atoms in total. The standard InChI is InChI=1S/C23H22N2O4/c1-14(15-9-11-16(12-10-15)29-13-21(26)27)24-23(28)22-17-5-2-3-7-19(17)25-20-8-4-6-18(20)22/h2-3,5,7,9-12,14H,4,6,8,13H2,1H3,(H,24,28)(H,26,27). The van der Waals surface area contributed by atoms with Crippen molar-refractivity contribution in [3.05, 3.63) is 70.9 Å². The van der Waals surface area contributed by atoms with Crippen molar-refractivity contribution in [2.24, 2.45) is 0 Å². The maximum atomic E-state index is 13.2. The number of fused-ring (bicyclic) bond motifs is 2. The number of carboxylic acids is 1. The molecule has 2 aromatic carbocycles. The van der Waals surface area contributed by atoms with Crippen molar-refractivity contribution >= 4 is 22.8 Å². The third-order valence-electron chi connectivity index (χ3n) is 5.24. The molecule has 1 aliphatic carbocycles. The van der Waals surface area contributed by atoms with E-state index >= 15 is 0 Å². The monoisotopic (exact) mass is 390 g/mol.